The third-order valence-electron chi connectivity index (χ3n) is 5.56. The van der Waals surface area contributed by atoms with Gasteiger partial charge in [-0.3, -0.25) is 9.59 Å². The maximum absolute atomic E-state index is 13.6. The van der Waals surface area contributed by atoms with E-state index in [9.17, 15) is 14.0 Å². The Morgan fingerprint density at radius 1 is 0.886 bits per heavy atom. The van der Waals surface area contributed by atoms with Crippen molar-refractivity contribution in [1.29, 1.82) is 0 Å². The average molecular weight is 515 g/mol. The number of benzene rings is 3. The molecule has 7 heteroatoms. The fourth-order valence-electron chi connectivity index (χ4n) is 3.69. The highest BCUT2D eigenvalue weighted by molar-refractivity contribution is 6.42. The van der Waals surface area contributed by atoms with Crippen LogP contribution in [0.1, 0.15) is 30.5 Å². The molecular weight excluding hydrogens is 486 g/mol. The van der Waals surface area contributed by atoms with Crippen molar-refractivity contribution in [3.63, 3.8) is 0 Å². The minimum Gasteiger partial charge on any atom is -0.354 e. The zero-order chi connectivity index (χ0) is 25.4. The molecule has 1 atom stereocenters. The van der Waals surface area contributed by atoms with Gasteiger partial charge in [0.25, 0.3) is 0 Å². The van der Waals surface area contributed by atoms with E-state index in [1.54, 1.807) is 35.2 Å². The van der Waals surface area contributed by atoms with Crippen molar-refractivity contribution < 1.29 is 14.0 Å². The van der Waals surface area contributed by atoms with Gasteiger partial charge in [0.2, 0.25) is 11.8 Å². The third kappa shape index (κ3) is 8.08. The molecule has 2 amide bonds. The maximum Gasteiger partial charge on any atom is 0.243 e. The van der Waals surface area contributed by atoms with Crippen LogP contribution in [0.2, 0.25) is 10.0 Å². The van der Waals surface area contributed by atoms with E-state index < -0.39 is 6.04 Å². The molecule has 0 radical (unpaired) electrons. The van der Waals surface area contributed by atoms with E-state index in [4.69, 9.17) is 23.2 Å². The van der Waals surface area contributed by atoms with Gasteiger partial charge in [-0.15, -0.1) is 0 Å². The van der Waals surface area contributed by atoms with Crippen molar-refractivity contribution in [2.24, 2.45) is 5.92 Å². The highest BCUT2D eigenvalue weighted by Gasteiger charge is 2.30. The van der Waals surface area contributed by atoms with E-state index in [1.165, 1.54) is 12.1 Å². The van der Waals surface area contributed by atoms with Crippen molar-refractivity contribution in [1.82, 2.24) is 10.2 Å². The number of carbonyl (C=O) groups excluding carboxylic acids is 2. The van der Waals surface area contributed by atoms with Crippen molar-refractivity contribution >= 4 is 35.0 Å². The molecule has 3 aromatic rings. The van der Waals surface area contributed by atoms with E-state index >= 15 is 0 Å². The van der Waals surface area contributed by atoms with E-state index in [-0.39, 0.29) is 36.5 Å². The molecule has 3 rings (SSSR count). The summed E-state index contributed by atoms with van der Waals surface area (Å²) in [6, 6.07) is 19.8. The summed E-state index contributed by atoms with van der Waals surface area (Å²) in [5.41, 5.74) is 2.35. The van der Waals surface area contributed by atoms with Gasteiger partial charge in [-0.05, 0) is 46.9 Å². The number of rotatable bonds is 10. The van der Waals surface area contributed by atoms with Crippen LogP contribution in [0.3, 0.4) is 0 Å². The van der Waals surface area contributed by atoms with Crippen LogP contribution in [0.5, 0.6) is 0 Å². The van der Waals surface area contributed by atoms with Crippen LogP contribution in [0, 0.1) is 11.7 Å². The zero-order valence-corrected chi connectivity index (χ0v) is 21.3. The molecule has 0 aromatic heterocycles. The van der Waals surface area contributed by atoms with Crippen molar-refractivity contribution in [2.45, 2.75) is 39.3 Å². The van der Waals surface area contributed by atoms with Crippen molar-refractivity contribution in [3.05, 3.63) is 105 Å². The lowest BCUT2D eigenvalue weighted by Crippen LogP contribution is -2.51. The molecule has 0 bridgehead atoms. The predicted octanol–water partition coefficient (Wildman–Crippen LogP) is 6.09. The zero-order valence-electron chi connectivity index (χ0n) is 19.8. The summed E-state index contributed by atoms with van der Waals surface area (Å²) < 4.78 is 13.4. The Kier molecular flexibility index (Phi) is 9.70. The van der Waals surface area contributed by atoms with Crippen LogP contribution in [-0.4, -0.2) is 29.3 Å². The quantitative estimate of drug-likeness (QED) is 0.356. The lowest BCUT2D eigenvalue weighted by molar-refractivity contribution is -0.140. The fourth-order valence-corrected chi connectivity index (χ4v) is 4.01. The van der Waals surface area contributed by atoms with Crippen LogP contribution in [-0.2, 0) is 29.0 Å². The fraction of sp³-hybridized carbons (Fsp3) is 0.286. The monoisotopic (exact) mass is 514 g/mol. The molecule has 0 saturated heterocycles. The lowest BCUT2D eigenvalue weighted by Gasteiger charge is -2.32. The Hall–Kier alpha value is -2.89. The molecule has 184 valence electrons. The molecule has 0 aliphatic rings. The SMILES string of the molecule is CC(C)CNC(=O)[C@H](Cc1ccccc1)N(Cc1ccc(Cl)c(Cl)c1)C(=O)Cc1ccc(F)cc1. The largest absolute Gasteiger partial charge is 0.354 e. The Morgan fingerprint density at radius 2 is 1.54 bits per heavy atom. The van der Waals surface area contributed by atoms with Gasteiger partial charge in [-0.25, -0.2) is 4.39 Å². The van der Waals surface area contributed by atoms with Crippen LogP contribution in [0.4, 0.5) is 4.39 Å². The standard InChI is InChI=1S/C28H29Cl2FN2O2/c1-19(2)17-32-28(35)26(15-20-6-4-3-5-7-20)33(18-22-10-13-24(29)25(30)14-22)27(34)16-21-8-11-23(31)12-9-21/h3-14,19,26H,15-18H2,1-2H3,(H,32,35)/t26-/m0/s1. The molecule has 0 spiro atoms. The molecule has 3 aromatic carbocycles. The first-order valence-corrected chi connectivity index (χ1v) is 12.3. The summed E-state index contributed by atoms with van der Waals surface area (Å²) in [6.07, 6.45) is 0.381. The molecule has 0 fully saturated rings. The molecule has 0 aliphatic carbocycles. The predicted molar refractivity (Wildman–Crippen MR) is 139 cm³/mol. The average Bonchev–Trinajstić information content (AvgIpc) is 2.84. The summed E-state index contributed by atoms with van der Waals surface area (Å²) in [4.78, 5) is 28.6. The second-order valence-electron chi connectivity index (χ2n) is 8.92. The first-order valence-electron chi connectivity index (χ1n) is 11.5. The van der Waals surface area contributed by atoms with Crippen LogP contribution in [0.25, 0.3) is 0 Å². The van der Waals surface area contributed by atoms with E-state index in [0.717, 1.165) is 11.1 Å². The van der Waals surface area contributed by atoms with Gasteiger partial charge in [0.15, 0.2) is 0 Å². The number of nitrogens with zero attached hydrogens (tertiary/aromatic N) is 1. The van der Waals surface area contributed by atoms with Crippen molar-refractivity contribution in [2.75, 3.05) is 6.54 Å². The molecule has 0 unspecified atom stereocenters. The first-order chi connectivity index (χ1) is 16.7. The topological polar surface area (TPSA) is 49.4 Å². The highest BCUT2D eigenvalue weighted by atomic mass is 35.5. The molecule has 0 heterocycles. The maximum atomic E-state index is 13.6. The van der Waals surface area contributed by atoms with Crippen LogP contribution < -0.4 is 5.32 Å². The second kappa shape index (κ2) is 12.7. The Balaban J connectivity index is 1.96. The summed E-state index contributed by atoms with van der Waals surface area (Å²) in [6.45, 7) is 4.69. The number of hydrogen-bond acceptors (Lipinski definition) is 2. The summed E-state index contributed by atoms with van der Waals surface area (Å²) in [7, 11) is 0. The molecular formula is C28H29Cl2FN2O2. The number of carbonyl (C=O) groups is 2. The van der Waals surface area contributed by atoms with E-state index in [2.05, 4.69) is 5.32 Å². The summed E-state index contributed by atoms with van der Waals surface area (Å²) in [5, 5.41) is 3.77. The second-order valence-corrected chi connectivity index (χ2v) is 9.73. The Bertz CT molecular complexity index is 1140. The molecule has 4 nitrogen and oxygen atoms in total. The summed E-state index contributed by atoms with van der Waals surface area (Å²) >= 11 is 12.3. The van der Waals surface area contributed by atoms with E-state index in [0.29, 0.717) is 28.6 Å². The minimum atomic E-state index is -0.751. The van der Waals surface area contributed by atoms with E-state index in [1.807, 2.05) is 44.2 Å². The van der Waals surface area contributed by atoms with Crippen LogP contribution in [0.15, 0.2) is 72.8 Å². The van der Waals surface area contributed by atoms with Gasteiger partial charge < -0.3 is 10.2 Å². The van der Waals surface area contributed by atoms with Gasteiger partial charge in [0.1, 0.15) is 11.9 Å². The number of nitrogens with one attached hydrogen (secondary N) is 1. The van der Waals surface area contributed by atoms with Crippen LogP contribution >= 0.6 is 23.2 Å². The Morgan fingerprint density at radius 3 is 2.17 bits per heavy atom. The number of halogens is 3. The van der Waals surface area contributed by atoms with Gasteiger partial charge in [-0.1, -0.05) is 85.6 Å². The van der Waals surface area contributed by atoms with Gasteiger partial charge >= 0.3 is 0 Å². The molecule has 0 aliphatic heterocycles. The summed E-state index contributed by atoms with van der Waals surface area (Å²) in [5.74, 6) is -0.586. The van der Waals surface area contributed by atoms with Gasteiger partial charge in [-0.2, -0.15) is 0 Å². The molecule has 0 saturated carbocycles. The first kappa shape index (κ1) is 26.7. The lowest BCUT2D eigenvalue weighted by atomic mass is 10.0. The number of amides is 2. The Labute approximate surface area is 216 Å². The normalized spacial score (nSPS) is 11.8. The van der Waals surface area contributed by atoms with Gasteiger partial charge in [0.05, 0.1) is 16.5 Å². The molecule has 35 heavy (non-hydrogen) atoms. The third-order valence-corrected chi connectivity index (χ3v) is 6.30. The smallest absolute Gasteiger partial charge is 0.243 e. The molecule has 1 N–H and O–H groups in total. The van der Waals surface area contributed by atoms with Gasteiger partial charge in [0, 0.05) is 19.5 Å². The number of hydrogen-bond donors (Lipinski definition) is 1. The van der Waals surface area contributed by atoms with Crippen molar-refractivity contribution in [3.8, 4) is 0 Å². The highest BCUT2D eigenvalue weighted by Crippen LogP contribution is 2.24. The minimum absolute atomic E-state index is 0.0321.